The Morgan fingerprint density at radius 3 is 2.50 bits per heavy atom. The summed E-state index contributed by atoms with van der Waals surface area (Å²) >= 11 is 0. The Balaban J connectivity index is 2.42. The summed E-state index contributed by atoms with van der Waals surface area (Å²) in [7, 11) is 3.06. The number of methoxy groups -OCH3 is 2. The van der Waals surface area contributed by atoms with Crippen LogP contribution in [0.2, 0.25) is 0 Å². The molecule has 0 amide bonds. The van der Waals surface area contributed by atoms with Crippen molar-refractivity contribution in [2.45, 2.75) is 0 Å². The fourth-order valence-electron chi connectivity index (χ4n) is 2.43. The van der Waals surface area contributed by atoms with Crippen molar-refractivity contribution in [3.8, 4) is 11.5 Å². The first-order valence-corrected chi connectivity index (χ1v) is 6.05. The molecule has 0 aliphatic heterocycles. The van der Waals surface area contributed by atoms with Gasteiger partial charge in [-0.05, 0) is 12.1 Å². The highest BCUT2D eigenvalue weighted by Crippen LogP contribution is 2.34. The van der Waals surface area contributed by atoms with Gasteiger partial charge in [0.1, 0.15) is 17.1 Å². The molecule has 102 valence electrons. The van der Waals surface area contributed by atoms with Gasteiger partial charge < -0.3 is 19.6 Å². The van der Waals surface area contributed by atoms with E-state index in [4.69, 9.17) is 9.47 Å². The molecule has 3 aromatic rings. The molecule has 0 radical (unpaired) electrons. The number of aromatic amines is 1. The van der Waals surface area contributed by atoms with Crippen molar-refractivity contribution in [1.29, 1.82) is 0 Å². The SMILES string of the molecule is COc1cc2[nH]c3c(OC)cccc3c2cc1C(=O)O. The minimum atomic E-state index is -1.01. The van der Waals surface area contributed by atoms with Gasteiger partial charge in [-0.25, -0.2) is 4.79 Å². The standard InChI is InChI=1S/C15H13NO4/c1-19-12-5-3-4-8-9-6-10(15(17)18)13(20-2)7-11(9)16-14(8)12/h3-7,16H,1-2H3,(H,17,18). The number of aromatic nitrogens is 1. The fourth-order valence-corrected chi connectivity index (χ4v) is 2.43. The van der Waals surface area contributed by atoms with Crippen molar-refractivity contribution in [1.82, 2.24) is 4.98 Å². The van der Waals surface area contributed by atoms with Gasteiger partial charge in [0, 0.05) is 16.8 Å². The Hall–Kier alpha value is -2.69. The molecule has 5 nitrogen and oxygen atoms in total. The van der Waals surface area contributed by atoms with Crippen LogP contribution in [0.25, 0.3) is 21.8 Å². The maximum Gasteiger partial charge on any atom is 0.339 e. The summed E-state index contributed by atoms with van der Waals surface area (Å²) in [5.41, 5.74) is 1.80. The van der Waals surface area contributed by atoms with Crippen LogP contribution in [-0.4, -0.2) is 30.3 Å². The number of rotatable bonds is 3. The van der Waals surface area contributed by atoms with Gasteiger partial charge in [-0.2, -0.15) is 0 Å². The van der Waals surface area contributed by atoms with E-state index in [1.54, 1.807) is 19.2 Å². The molecule has 1 heterocycles. The van der Waals surface area contributed by atoms with Crippen molar-refractivity contribution in [2.75, 3.05) is 14.2 Å². The van der Waals surface area contributed by atoms with Gasteiger partial charge in [0.2, 0.25) is 0 Å². The first kappa shape index (κ1) is 12.3. The molecule has 0 fully saturated rings. The van der Waals surface area contributed by atoms with Crippen molar-refractivity contribution in [3.05, 3.63) is 35.9 Å². The molecule has 0 atom stereocenters. The van der Waals surface area contributed by atoms with Gasteiger partial charge in [0.05, 0.1) is 25.3 Å². The molecule has 0 aliphatic carbocycles. The predicted molar refractivity (Wildman–Crippen MR) is 75.9 cm³/mol. The molecular formula is C15H13NO4. The Morgan fingerprint density at radius 1 is 1.10 bits per heavy atom. The van der Waals surface area contributed by atoms with E-state index in [-0.39, 0.29) is 5.56 Å². The maximum absolute atomic E-state index is 11.3. The number of aromatic carboxylic acids is 1. The number of carbonyl (C=O) groups is 1. The number of ether oxygens (including phenoxy) is 2. The molecule has 0 unspecified atom stereocenters. The molecule has 1 aromatic heterocycles. The lowest BCUT2D eigenvalue weighted by molar-refractivity contribution is 0.0693. The lowest BCUT2D eigenvalue weighted by Crippen LogP contribution is -2.00. The lowest BCUT2D eigenvalue weighted by Gasteiger charge is -2.04. The van der Waals surface area contributed by atoms with Gasteiger partial charge in [0.15, 0.2) is 0 Å². The highest BCUT2D eigenvalue weighted by molar-refractivity contribution is 6.11. The van der Waals surface area contributed by atoms with Gasteiger partial charge in [-0.1, -0.05) is 12.1 Å². The van der Waals surface area contributed by atoms with E-state index in [0.717, 1.165) is 27.6 Å². The van der Waals surface area contributed by atoms with E-state index in [9.17, 15) is 9.90 Å². The number of nitrogens with one attached hydrogen (secondary N) is 1. The molecule has 0 saturated heterocycles. The van der Waals surface area contributed by atoms with Crippen molar-refractivity contribution in [2.24, 2.45) is 0 Å². The van der Waals surface area contributed by atoms with Gasteiger partial charge >= 0.3 is 5.97 Å². The number of H-pyrrole nitrogens is 1. The van der Waals surface area contributed by atoms with Crippen LogP contribution in [0.1, 0.15) is 10.4 Å². The third-order valence-corrected chi connectivity index (χ3v) is 3.37. The van der Waals surface area contributed by atoms with E-state index in [0.29, 0.717) is 5.75 Å². The molecule has 0 saturated carbocycles. The molecule has 20 heavy (non-hydrogen) atoms. The number of hydrogen-bond donors (Lipinski definition) is 2. The summed E-state index contributed by atoms with van der Waals surface area (Å²) in [6, 6.07) is 8.97. The second kappa shape index (κ2) is 4.45. The average Bonchev–Trinajstić information content (AvgIpc) is 2.83. The number of hydrogen-bond acceptors (Lipinski definition) is 3. The van der Waals surface area contributed by atoms with Crippen molar-refractivity contribution >= 4 is 27.8 Å². The highest BCUT2D eigenvalue weighted by atomic mass is 16.5. The Bertz CT molecular complexity index is 819. The number of carboxylic acids is 1. The summed E-state index contributed by atoms with van der Waals surface area (Å²) in [6.07, 6.45) is 0. The number of benzene rings is 2. The van der Waals surface area contributed by atoms with Crippen LogP contribution >= 0.6 is 0 Å². The average molecular weight is 271 g/mol. The van der Waals surface area contributed by atoms with Gasteiger partial charge in [-0.3, -0.25) is 0 Å². The summed E-state index contributed by atoms with van der Waals surface area (Å²) in [5.74, 6) is 0.0334. The molecule has 0 aliphatic rings. The van der Waals surface area contributed by atoms with Crippen LogP contribution in [0.5, 0.6) is 11.5 Å². The molecular weight excluding hydrogens is 258 g/mol. The smallest absolute Gasteiger partial charge is 0.339 e. The number of para-hydroxylation sites is 1. The van der Waals surface area contributed by atoms with Crippen LogP contribution < -0.4 is 9.47 Å². The highest BCUT2D eigenvalue weighted by Gasteiger charge is 2.16. The molecule has 3 rings (SSSR count). The van der Waals surface area contributed by atoms with Gasteiger partial charge in [0.25, 0.3) is 0 Å². The Kier molecular flexibility index (Phi) is 2.75. The zero-order valence-electron chi connectivity index (χ0n) is 11.1. The number of carboxylic acid groups (broad SMARTS) is 1. The quantitative estimate of drug-likeness (QED) is 0.768. The Morgan fingerprint density at radius 2 is 1.85 bits per heavy atom. The van der Waals surface area contributed by atoms with E-state index in [1.165, 1.54) is 7.11 Å². The maximum atomic E-state index is 11.3. The fraction of sp³-hybridized carbons (Fsp3) is 0.133. The second-order valence-electron chi connectivity index (χ2n) is 4.41. The largest absolute Gasteiger partial charge is 0.496 e. The summed E-state index contributed by atoms with van der Waals surface area (Å²) < 4.78 is 10.4. The topological polar surface area (TPSA) is 71.5 Å². The Labute approximate surface area is 114 Å². The molecule has 5 heteroatoms. The zero-order valence-corrected chi connectivity index (χ0v) is 11.1. The molecule has 0 spiro atoms. The van der Waals surface area contributed by atoms with Crippen LogP contribution in [0, 0.1) is 0 Å². The molecule has 2 N–H and O–H groups in total. The third kappa shape index (κ3) is 1.67. The van der Waals surface area contributed by atoms with E-state index in [2.05, 4.69) is 4.98 Å². The summed E-state index contributed by atoms with van der Waals surface area (Å²) in [6.45, 7) is 0. The molecule has 2 aromatic carbocycles. The van der Waals surface area contributed by atoms with Crippen LogP contribution in [0.4, 0.5) is 0 Å². The van der Waals surface area contributed by atoms with Crippen LogP contribution in [0.15, 0.2) is 30.3 Å². The van der Waals surface area contributed by atoms with Crippen LogP contribution in [0.3, 0.4) is 0 Å². The predicted octanol–water partition coefficient (Wildman–Crippen LogP) is 3.04. The third-order valence-electron chi connectivity index (χ3n) is 3.37. The summed E-state index contributed by atoms with van der Waals surface area (Å²) in [4.78, 5) is 14.5. The van der Waals surface area contributed by atoms with E-state index >= 15 is 0 Å². The van der Waals surface area contributed by atoms with Crippen LogP contribution in [-0.2, 0) is 0 Å². The van der Waals surface area contributed by atoms with Gasteiger partial charge in [-0.15, -0.1) is 0 Å². The normalized spacial score (nSPS) is 10.9. The van der Waals surface area contributed by atoms with Crippen molar-refractivity contribution in [3.63, 3.8) is 0 Å². The molecule has 0 bridgehead atoms. The van der Waals surface area contributed by atoms with E-state index in [1.807, 2.05) is 18.2 Å². The lowest BCUT2D eigenvalue weighted by atomic mass is 10.1. The first-order chi connectivity index (χ1) is 9.65. The minimum absolute atomic E-state index is 0.142. The van der Waals surface area contributed by atoms with E-state index < -0.39 is 5.97 Å². The summed E-state index contributed by atoms with van der Waals surface area (Å²) in [5, 5.41) is 11.0. The zero-order chi connectivity index (χ0) is 14.3. The monoisotopic (exact) mass is 271 g/mol. The minimum Gasteiger partial charge on any atom is -0.496 e. The second-order valence-corrected chi connectivity index (χ2v) is 4.41. The number of fused-ring (bicyclic) bond motifs is 3. The van der Waals surface area contributed by atoms with Crippen molar-refractivity contribution < 1.29 is 19.4 Å². The first-order valence-electron chi connectivity index (χ1n) is 6.05.